The van der Waals surface area contributed by atoms with E-state index in [1.165, 1.54) is 62.5 Å². The lowest BCUT2D eigenvalue weighted by molar-refractivity contribution is -0.150. The molecule has 54 heavy (non-hydrogen) atoms. The highest BCUT2D eigenvalue weighted by molar-refractivity contribution is 6.23. The van der Waals surface area contributed by atoms with E-state index in [9.17, 15) is 28.8 Å². The Hall–Kier alpha value is -5.20. The average molecular weight is 741 g/mol. The van der Waals surface area contributed by atoms with E-state index >= 15 is 0 Å². The Kier molecular flexibility index (Phi) is 14.6. The third-order valence-corrected chi connectivity index (χ3v) is 9.36. The van der Waals surface area contributed by atoms with E-state index in [4.69, 9.17) is 18.9 Å². The van der Waals surface area contributed by atoms with Gasteiger partial charge in [0, 0.05) is 32.1 Å². The lowest BCUT2D eigenvalue weighted by atomic mass is 9.90. The first kappa shape index (κ1) is 40.0. The minimum absolute atomic E-state index is 0.0289. The second kappa shape index (κ2) is 19.8. The summed E-state index contributed by atoms with van der Waals surface area (Å²) in [5.41, 5.74) is 0.245. The summed E-state index contributed by atoms with van der Waals surface area (Å²) >= 11 is 0. The highest BCUT2D eigenvalue weighted by Crippen LogP contribution is 2.36. The Bertz CT molecular complexity index is 2170. The number of ketones is 2. The van der Waals surface area contributed by atoms with Crippen LogP contribution < -0.4 is 11.2 Å². The van der Waals surface area contributed by atoms with Crippen LogP contribution in [0.1, 0.15) is 89.0 Å². The van der Waals surface area contributed by atoms with Crippen LogP contribution in [0.15, 0.2) is 70.4 Å². The van der Waals surface area contributed by atoms with E-state index in [0.717, 1.165) is 32.1 Å². The number of hydrogen-bond acceptors (Lipinski definition) is 10. The summed E-state index contributed by atoms with van der Waals surface area (Å²) < 4.78 is 23.2. The van der Waals surface area contributed by atoms with Crippen LogP contribution in [0.3, 0.4) is 0 Å². The van der Waals surface area contributed by atoms with Crippen LogP contribution in [0.25, 0.3) is 32.3 Å². The van der Waals surface area contributed by atoms with Gasteiger partial charge < -0.3 is 28.5 Å². The maximum atomic E-state index is 12.9. The van der Waals surface area contributed by atoms with Crippen LogP contribution in [0.5, 0.6) is 0 Å². The molecule has 12 nitrogen and oxygen atoms in total. The number of H-pyrrole nitrogens is 1. The fraction of sp³-hybridized carbons (Fsp3) is 0.429. The molecule has 0 amide bonds. The largest absolute Gasteiger partial charge is 0.465 e. The lowest BCUT2D eigenvalue weighted by Gasteiger charge is -2.21. The van der Waals surface area contributed by atoms with E-state index in [0.29, 0.717) is 6.61 Å². The number of hydrogen-bond donors (Lipinski definition) is 1. The third kappa shape index (κ3) is 11.2. The van der Waals surface area contributed by atoms with Crippen molar-refractivity contribution >= 4 is 55.8 Å². The van der Waals surface area contributed by atoms with Crippen LogP contribution in [0.2, 0.25) is 0 Å². The van der Waals surface area contributed by atoms with Crippen LogP contribution in [-0.4, -0.2) is 59.5 Å². The van der Waals surface area contributed by atoms with Gasteiger partial charge in [0.1, 0.15) is 24.4 Å². The number of esters is 2. The summed E-state index contributed by atoms with van der Waals surface area (Å²) in [6.07, 6.45) is 5.22. The van der Waals surface area contributed by atoms with Gasteiger partial charge in [0.2, 0.25) is 0 Å². The Labute approximate surface area is 313 Å². The first-order chi connectivity index (χ1) is 26.1. The number of Topliss-reactive ketones (excluding diaryl/α,β-unsaturated/α-hetero) is 2. The van der Waals surface area contributed by atoms with Gasteiger partial charge in [-0.3, -0.25) is 23.9 Å². The van der Waals surface area contributed by atoms with Crippen molar-refractivity contribution < 1.29 is 38.1 Å². The first-order valence-corrected chi connectivity index (χ1v) is 18.6. The molecule has 1 heterocycles. The zero-order valence-corrected chi connectivity index (χ0v) is 31.0. The van der Waals surface area contributed by atoms with Gasteiger partial charge in [0.05, 0.1) is 38.2 Å². The van der Waals surface area contributed by atoms with Crippen molar-refractivity contribution in [2.75, 3.05) is 26.4 Å². The maximum Gasteiger partial charge on any atom is 0.330 e. The molecule has 1 atom stereocenters. The molecule has 1 unspecified atom stereocenters. The van der Waals surface area contributed by atoms with Gasteiger partial charge in [-0.1, -0.05) is 67.4 Å². The molecule has 286 valence electrons. The molecule has 0 aliphatic rings. The molecule has 1 N–H and O–H groups in total. The number of ether oxygens (including phenoxy) is 4. The fourth-order valence-corrected chi connectivity index (χ4v) is 6.53. The van der Waals surface area contributed by atoms with Crippen molar-refractivity contribution in [3.63, 3.8) is 0 Å². The highest BCUT2D eigenvalue weighted by Gasteiger charge is 2.18. The quantitative estimate of drug-likeness (QED) is 0.0446. The molecule has 0 saturated carbocycles. The molecule has 0 fully saturated rings. The number of carbonyl (C=O) groups excluding carboxylic acids is 4. The molecule has 1 aromatic heterocycles. The van der Waals surface area contributed by atoms with E-state index < -0.39 is 29.4 Å². The summed E-state index contributed by atoms with van der Waals surface area (Å²) in [7, 11) is 0. The van der Waals surface area contributed by atoms with Gasteiger partial charge in [-0.25, -0.2) is 4.79 Å². The Morgan fingerprint density at radius 1 is 0.667 bits per heavy atom. The maximum absolute atomic E-state index is 12.9. The third-order valence-electron chi connectivity index (χ3n) is 9.36. The van der Waals surface area contributed by atoms with E-state index in [1.54, 1.807) is 0 Å². The standard InChI is InChI=1S/C42H48N2O10/c1-28(45)11-19-37(47)53-23-21-36(52-24-25-54-38(48)20-12-29(2)46)44-26-34(41(49)43-42(44)50)27-51-22-6-4-3-5-8-30-13-14-33-16-15-31-9-7-10-32-17-18-35(30)40(33)39(31)32/h7,9-10,13-18,26,36H,3-6,8,11-12,19-25,27H2,1-2H3,(H,43,49,50). The number of aromatic nitrogens is 2. The minimum atomic E-state index is -0.988. The number of unbranched alkanes of at least 4 members (excludes halogenated alkanes) is 3. The molecule has 5 rings (SSSR count). The SMILES string of the molecule is CC(=O)CCC(=O)OCCOC(CCOC(=O)CCC(C)=O)n1cc(COCCCCCCc2ccc3ccc4cccc5ccc2c3c45)c(=O)[nH]c1=O. The zero-order valence-electron chi connectivity index (χ0n) is 31.0. The van der Waals surface area contributed by atoms with Gasteiger partial charge in [-0.2, -0.15) is 0 Å². The monoisotopic (exact) mass is 740 g/mol. The Balaban J connectivity index is 1.10. The number of aryl methyl sites for hydroxylation is 1. The number of benzene rings is 4. The van der Waals surface area contributed by atoms with E-state index in [1.807, 2.05) is 0 Å². The molecule has 0 radical (unpaired) electrons. The fourth-order valence-electron chi connectivity index (χ4n) is 6.53. The van der Waals surface area contributed by atoms with Crippen LogP contribution >= 0.6 is 0 Å². The molecule has 5 aromatic rings. The average Bonchev–Trinajstić information content (AvgIpc) is 3.15. The van der Waals surface area contributed by atoms with Crippen molar-refractivity contribution in [1.82, 2.24) is 9.55 Å². The van der Waals surface area contributed by atoms with Crippen LogP contribution in [0, 0.1) is 0 Å². The van der Waals surface area contributed by atoms with Crippen LogP contribution in [-0.2, 0) is 51.2 Å². The highest BCUT2D eigenvalue weighted by atomic mass is 16.6. The number of carbonyl (C=O) groups is 4. The molecular weight excluding hydrogens is 692 g/mol. The van der Waals surface area contributed by atoms with Crippen molar-refractivity contribution in [1.29, 1.82) is 0 Å². The number of nitrogens with one attached hydrogen (secondary N) is 1. The smallest absolute Gasteiger partial charge is 0.330 e. The van der Waals surface area contributed by atoms with Crippen molar-refractivity contribution in [3.8, 4) is 0 Å². The van der Waals surface area contributed by atoms with Crippen molar-refractivity contribution in [2.45, 2.75) is 90.9 Å². The molecule has 0 aliphatic heterocycles. The summed E-state index contributed by atoms with van der Waals surface area (Å²) in [5.74, 6) is -1.41. The second-order valence-electron chi connectivity index (χ2n) is 13.6. The van der Waals surface area contributed by atoms with Gasteiger partial charge in [-0.15, -0.1) is 0 Å². The van der Waals surface area contributed by atoms with Gasteiger partial charge in [0.25, 0.3) is 5.56 Å². The van der Waals surface area contributed by atoms with Crippen molar-refractivity contribution in [2.24, 2.45) is 0 Å². The molecule has 0 bridgehead atoms. The summed E-state index contributed by atoms with van der Waals surface area (Å²) in [5, 5.41) is 7.76. The zero-order chi connectivity index (χ0) is 38.5. The lowest BCUT2D eigenvalue weighted by Crippen LogP contribution is -2.36. The van der Waals surface area contributed by atoms with Gasteiger partial charge in [-0.05, 0) is 71.0 Å². The van der Waals surface area contributed by atoms with E-state index in [-0.39, 0.29) is 75.7 Å². The molecule has 0 spiro atoms. The topological polar surface area (TPSA) is 160 Å². The number of rotatable bonds is 23. The minimum Gasteiger partial charge on any atom is -0.465 e. The molecule has 4 aromatic carbocycles. The molecule has 12 heteroatoms. The Morgan fingerprint density at radius 2 is 1.30 bits per heavy atom. The summed E-state index contributed by atoms with van der Waals surface area (Å²) in [6, 6.07) is 19.8. The molecule has 0 saturated heterocycles. The van der Waals surface area contributed by atoms with Crippen LogP contribution in [0.4, 0.5) is 0 Å². The number of aromatic amines is 1. The summed E-state index contributed by atoms with van der Waals surface area (Å²) in [6.45, 7) is 2.79. The first-order valence-electron chi connectivity index (χ1n) is 18.6. The van der Waals surface area contributed by atoms with Gasteiger partial charge >= 0.3 is 17.6 Å². The number of nitrogens with zero attached hydrogens (tertiary/aromatic N) is 1. The van der Waals surface area contributed by atoms with Crippen molar-refractivity contribution in [3.05, 3.63) is 92.8 Å². The normalized spacial score (nSPS) is 12.0. The predicted octanol–water partition coefficient (Wildman–Crippen LogP) is 6.48. The van der Waals surface area contributed by atoms with Gasteiger partial charge in [0.15, 0.2) is 0 Å². The van der Waals surface area contributed by atoms with E-state index in [2.05, 4.69) is 59.6 Å². The Morgan fingerprint density at radius 3 is 2.00 bits per heavy atom. The molecular formula is C42H48N2O10. The summed E-state index contributed by atoms with van der Waals surface area (Å²) in [4.78, 5) is 74.1. The second-order valence-corrected chi connectivity index (χ2v) is 13.6. The predicted molar refractivity (Wildman–Crippen MR) is 205 cm³/mol. The molecule has 0 aliphatic carbocycles.